The van der Waals surface area contributed by atoms with E-state index in [0.717, 1.165) is 5.92 Å². The summed E-state index contributed by atoms with van der Waals surface area (Å²) in [5.74, 6) is 0.904. The van der Waals surface area contributed by atoms with Gasteiger partial charge in [-0.25, -0.2) is 0 Å². The number of hydrogen-bond acceptors (Lipinski definition) is 0. The maximum absolute atomic E-state index is 2.31. The predicted octanol–water partition coefficient (Wildman–Crippen LogP) is 3.74. The molecule has 0 nitrogen and oxygen atoms in total. The zero-order valence-electron chi connectivity index (χ0n) is 8.53. The number of unbranched alkanes of at least 4 members (excludes halogenated alkanes) is 5. The Hall–Kier alpha value is 1.00. The molecule has 0 heterocycles. The first-order valence-corrected chi connectivity index (χ1v) is 5.27. The average Bonchev–Trinajstić information content (AvgIpc) is 1.96. The molecule has 12 heavy (non-hydrogen) atoms. The Morgan fingerprint density at radius 2 is 1.33 bits per heavy atom. The first-order valence-electron chi connectivity index (χ1n) is 5.27. The van der Waals surface area contributed by atoms with Gasteiger partial charge in [-0.1, -0.05) is 65.7 Å². The Morgan fingerprint density at radius 1 is 0.833 bits per heavy atom. The molecule has 0 aromatic rings. The van der Waals surface area contributed by atoms with Crippen LogP contribution in [-0.2, 0) is 0 Å². The van der Waals surface area contributed by atoms with Gasteiger partial charge in [-0.15, -0.1) is 0 Å². The summed E-state index contributed by atoms with van der Waals surface area (Å²) in [4.78, 5) is 0. The second-order valence-corrected chi connectivity index (χ2v) is 3.95. The van der Waals surface area contributed by atoms with Gasteiger partial charge in [0.2, 0.25) is 0 Å². The Morgan fingerprint density at radius 3 is 1.83 bits per heavy atom. The Labute approximate surface area is 101 Å². The molecule has 0 aromatic heterocycles. The second-order valence-electron chi connectivity index (χ2n) is 3.95. The quantitative estimate of drug-likeness (QED) is 0.413. The van der Waals surface area contributed by atoms with Crippen LogP contribution >= 0.6 is 0 Å². The van der Waals surface area contributed by atoms with Crippen molar-refractivity contribution in [3.63, 3.8) is 0 Å². The number of hydrogen-bond donors (Lipinski definition) is 0. The molecule has 0 bridgehead atoms. The molecule has 0 spiro atoms. The van der Waals surface area contributed by atoms with Crippen molar-refractivity contribution in [1.82, 2.24) is 0 Å². The summed E-state index contributed by atoms with van der Waals surface area (Å²) in [6.07, 6.45) is 10.0. The maximum atomic E-state index is 2.31. The van der Waals surface area contributed by atoms with Gasteiger partial charge < -0.3 is 0 Å². The minimum absolute atomic E-state index is 0. The van der Waals surface area contributed by atoms with Crippen LogP contribution in [0.25, 0.3) is 0 Å². The fourth-order valence-corrected chi connectivity index (χ4v) is 1.33. The van der Waals surface area contributed by atoms with Crippen molar-refractivity contribution in [1.29, 1.82) is 0 Å². The van der Waals surface area contributed by atoms with Crippen molar-refractivity contribution < 1.29 is 0 Å². The molecule has 0 N–H and O–H groups in total. The zero-order chi connectivity index (χ0) is 8.53. The summed E-state index contributed by atoms with van der Waals surface area (Å²) >= 11 is 0. The summed E-state index contributed by atoms with van der Waals surface area (Å²) in [5, 5.41) is 0. The molecule has 70 valence electrons. The molecule has 0 radical (unpaired) electrons. The van der Waals surface area contributed by atoms with Crippen molar-refractivity contribution in [3.8, 4) is 0 Å². The van der Waals surface area contributed by atoms with Gasteiger partial charge >= 0.3 is 29.6 Å². The summed E-state index contributed by atoms with van der Waals surface area (Å²) in [6.45, 7) is 6.90. The second kappa shape index (κ2) is 12.0. The zero-order valence-corrected chi connectivity index (χ0v) is 8.53. The normalized spacial score (nSPS) is 10.0. The van der Waals surface area contributed by atoms with Gasteiger partial charge in [0.15, 0.2) is 0 Å². The molecule has 0 unspecified atom stereocenters. The average molecular weight is 180 g/mol. The molecule has 0 atom stereocenters. The van der Waals surface area contributed by atoms with E-state index in [-0.39, 0.29) is 29.6 Å². The first kappa shape index (κ1) is 15.5. The van der Waals surface area contributed by atoms with Crippen LogP contribution < -0.4 is 0 Å². The summed E-state index contributed by atoms with van der Waals surface area (Å²) < 4.78 is 0. The van der Waals surface area contributed by atoms with Gasteiger partial charge in [-0.05, 0) is 5.92 Å². The van der Waals surface area contributed by atoms with Crippen LogP contribution in [0.2, 0.25) is 0 Å². The topological polar surface area (TPSA) is 0 Å². The first-order chi connectivity index (χ1) is 5.27. The van der Waals surface area contributed by atoms with E-state index in [1.54, 1.807) is 0 Å². The molecule has 0 aliphatic rings. The summed E-state index contributed by atoms with van der Waals surface area (Å²) in [5.41, 5.74) is 0. The van der Waals surface area contributed by atoms with Crippen molar-refractivity contribution in [2.24, 2.45) is 5.92 Å². The molecule has 0 aromatic carbocycles. The van der Waals surface area contributed by atoms with E-state index in [2.05, 4.69) is 20.8 Å². The molecular weight excluding hydrogens is 155 g/mol. The van der Waals surface area contributed by atoms with Crippen LogP contribution in [0.1, 0.15) is 65.7 Å². The van der Waals surface area contributed by atoms with Gasteiger partial charge in [0.05, 0.1) is 0 Å². The monoisotopic (exact) mass is 180 g/mol. The SMILES string of the molecule is CCCCCCCCC(C)C.[NaH]. The molecule has 1 heteroatoms. The molecule has 0 aliphatic heterocycles. The van der Waals surface area contributed by atoms with Crippen molar-refractivity contribution in [2.45, 2.75) is 65.7 Å². The van der Waals surface area contributed by atoms with E-state index in [1.807, 2.05) is 0 Å². The van der Waals surface area contributed by atoms with Crippen molar-refractivity contribution >= 4 is 29.6 Å². The third kappa shape index (κ3) is 13.6. The molecular formula is C11H25Na. The van der Waals surface area contributed by atoms with E-state index in [1.165, 1.54) is 44.9 Å². The standard InChI is InChI=1S/C11H24.Na.H/c1-4-5-6-7-8-9-10-11(2)3;;/h11H,4-10H2,1-3H3;;. The van der Waals surface area contributed by atoms with E-state index in [4.69, 9.17) is 0 Å². The third-order valence-electron chi connectivity index (χ3n) is 2.14. The van der Waals surface area contributed by atoms with Crippen LogP contribution in [0.4, 0.5) is 0 Å². The Kier molecular flexibility index (Phi) is 15.5. The fourth-order valence-electron chi connectivity index (χ4n) is 1.33. The van der Waals surface area contributed by atoms with Gasteiger partial charge in [0.1, 0.15) is 0 Å². The van der Waals surface area contributed by atoms with E-state index >= 15 is 0 Å². The molecule has 0 amide bonds. The van der Waals surface area contributed by atoms with Gasteiger partial charge in [0.25, 0.3) is 0 Å². The van der Waals surface area contributed by atoms with E-state index < -0.39 is 0 Å². The van der Waals surface area contributed by atoms with Gasteiger partial charge in [-0.2, -0.15) is 0 Å². The Bertz CT molecular complexity index is 69.4. The van der Waals surface area contributed by atoms with E-state index in [9.17, 15) is 0 Å². The third-order valence-corrected chi connectivity index (χ3v) is 2.14. The van der Waals surface area contributed by atoms with Crippen LogP contribution in [-0.4, -0.2) is 29.6 Å². The molecule has 0 fully saturated rings. The van der Waals surface area contributed by atoms with Gasteiger partial charge in [0, 0.05) is 0 Å². The van der Waals surface area contributed by atoms with Crippen LogP contribution in [0.3, 0.4) is 0 Å². The van der Waals surface area contributed by atoms with Crippen LogP contribution in [0, 0.1) is 5.92 Å². The van der Waals surface area contributed by atoms with Crippen LogP contribution in [0.15, 0.2) is 0 Å². The molecule has 0 aliphatic carbocycles. The Balaban J connectivity index is 0. The van der Waals surface area contributed by atoms with E-state index in [0.29, 0.717) is 0 Å². The van der Waals surface area contributed by atoms with Crippen LogP contribution in [0.5, 0.6) is 0 Å². The fraction of sp³-hybridized carbons (Fsp3) is 1.00. The molecule has 0 saturated heterocycles. The summed E-state index contributed by atoms with van der Waals surface area (Å²) in [6, 6.07) is 0. The number of rotatable bonds is 7. The summed E-state index contributed by atoms with van der Waals surface area (Å²) in [7, 11) is 0. The molecule has 0 rings (SSSR count). The van der Waals surface area contributed by atoms with Crippen molar-refractivity contribution in [3.05, 3.63) is 0 Å². The minimum atomic E-state index is 0. The van der Waals surface area contributed by atoms with Gasteiger partial charge in [-0.3, -0.25) is 0 Å². The van der Waals surface area contributed by atoms with Crippen molar-refractivity contribution in [2.75, 3.05) is 0 Å². The predicted molar refractivity (Wildman–Crippen MR) is 60.0 cm³/mol. The molecule has 0 saturated carbocycles.